The molecule has 1 fully saturated rings. The van der Waals surface area contributed by atoms with Gasteiger partial charge in [0.15, 0.2) is 0 Å². The van der Waals surface area contributed by atoms with E-state index in [4.69, 9.17) is 5.26 Å². The van der Waals surface area contributed by atoms with E-state index in [-0.39, 0.29) is 0 Å². The van der Waals surface area contributed by atoms with Crippen molar-refractivity contribution in [1.29, 1.82) is 5.26 Å². The van der Waals surface area contributed by atoms with Gasteiger partial charge in [-0.05, 0) is 24.2 Å². The maximum Gasteiger partial charge on any atom is 0.0656 e. The summed E-state index contributed by atoms with van der Waals surface area (Å²) in [5.41, 5.74) is 0.473. The molecule has 1 heteroatoms. The summed E-state index contributed by atoms with van der Waals surface area (Å²) in [4.78, 5) is 0. The van der Waals surface area contributed by atoms with Crippen LogP contribution in [0.4, 0.5) is 0 Å². The van der Waals surface area contributed by atoms with E-state index in [0.717, 1.165) is 18.8 Å². The number of nitriles is 1. The summed E-state index contributed by atoms with van der Waals surface area (Å²) in [6.45, 7) is 6.77. The van der Waals surface area contributed by atoms with Gasteiger partial charge in [-0.3, -0.25) is 0 Å². The highest BCUT2D eigenvalue weighted by atomic mass is 14.5. The highest BCUT2D eigenvalue weighted by molar-refractivity contribution is 5.01. The third kappa shape index (κ3) is 1.03. The standard InChI is InChI=1S/C9H15N/c1-7(2)9(3)4-8(5-9)6-10/h7-8H,4-5H2,1-3H3/t8-,9-. The van der Waals surface area contributed by atoms with Crippen LogP contribution < -0.4 is 0 Å². The van der Waals surface area contributed by atoms with Crippen LogP contribution in [0.2, 0.25) is 0 Å². The predicted molar refractivity (Wildman–Crippen MR) is 41.3 cm³/mol. The normalized spacial score (nSPS) is 38.9. The molecular weight excluding hydrogens is 122 g/mol. The van der Waals surface area contributed by atoms with Crippen LogP contribution in [0, 0.1) is 28.6 Å². The minimum absolute atomic E-state index is 0.354. The molecule has 0 radical (unpaired) electrons. The second-order valence-electron chi connectivity index (χ2n) is 4.04. The van der Waals surface area contributed by atoms with E-state index in [9.17, 15) is 0 Å². The van der Waals surface area contributed by atoms with Crippen LogP contribution in [0.25, 0.3) is 0 Å². The van der Waals surface area contributed by atoms with Crippen LogP contribution in [-0.2, 0) is 0 Å². The van der Waals surface area contributed by atoms with Gasteiger partial charge in [0, 0.05) is 5.92 Å². The van der Waals surface area contributed by atoms with Crippen molar-refractivity contribution in [2.45, 2.75) is 33.6 Å². The third-order valence-electron chi connectivity index (χ3n) is 3.00. The van der Waals surface area contributed by atoms with Gasteiger partial charge in [-0.15, -0.1) is 0 Å². The molecule has 0 aromatic rings. The number of hydrogen-bond donors (Lipinski definition) is 0. The maximum atomic E-state index is 8.55. The molecule has 10 heavy (non-hydrogen) atoms. The Balaban J connectivity index is 2.43. The molecule has 0 N–H and O–H groups in total. The highest BCUT2D eigenvalue weighted by Crippen LogP contribution is 2.49. The molecule has 0 bridgehead atoms. The summed E-state index contributed by atoms with van der Waals surface area (Å²) in [7, 11) is 0. The molecule has 0 aromatic carbocycles. The number of nitrogens with zero attached hydrogens (tertiary/aromatic N) is 1. The van der Waals surface area contributed by atoms with Crippen LogP contribution >= 0.6 is 0 Å². The molecular formula is C9H15N. The zero-order chi connectivity index (χ0) is 7.78. The summed E-state index contributed by atoms with van der Waals surface area (Å²) in [5, 5.41) is 8.55. The van der Waals surface area contributed by atoms with Crippen molar-refractivity contribution in [3.63, 3.8) is 0 Å². The first-order valence-corrected chi connectivity index (χ1v) is 3.98. The molecule has 1 nitrogen and oxygen atoms in total. The molecule has 0 saturated heterocycles. The molecule has 0 aromatic heterocycles. The van der Waals surface area contributed by atoms with Crippen molar-refractivity contribution in [2.75, 3.05) is 0 Å². The number of hydrogen-bond acceptors (Lipinski definition) is 1. The van der Waals surface area contributed by atoms with E-state index in [1.165, 1.54) is 0 Å². The second kappa shape index (κ2) is 2.27. The first-order valence-electron chi connectivity index (χ1n) is 3.98. The van der Waals surface area contributed by atoms with Gasteiger partial charge in [0.05, 0.1) is 6.07 Å². The molecule has 1 aliphatic carbocycles. The third-order valence-corrected chi connectivity index (χ3v) is 3.00. The Morgan fingerprint density at radius 3 is 2.30 bits per heavy atom. The van der Waals surface area contributed by atoms with Gasteiger partial charge >= 0.3 is 0 Å². The second-order valence-corrected chi connectivity index (χ2v) is 4.04. The summed E-state index contributed by atoms with van der Waals surface area (Å²) in [6.07, 6.45) is 2.22. The fraction of sp³-hybridized carbons (Fsp3) is 0.889. The summed E-state index contributed by atoms with van der Waals surface area (Å²) in [6, 6.07) is 2.31. The Kier molecular flexibility index (Phi) is 1.72. The Morgan fingerprint density at radius 2 is 2.00 bits per heavy atom. The Labute approximate surface area is 63.0 Å². The molecule has 0 atom stereocenters. The van der Waals surface area contributed by atoms with Crippen molar-refractivity contribution in [1.82, 2.24) is 0 Å². The molecule has 1 aliphatic rings. The van der Waals surface area contributed by atoms with E-state index in [0.29, 0.717) is 11.3 Å². The molecule has 0 aliphatic heterocycles. The fourth-order valence-corrected chi connectivity index (χ4v) is 1.63. The van der Waals surface area contributed by atoms with Crippen LogP contribution in [0.15, 0.2) is 0 Å². The zero-order valence-corrected chi connectivity index (χ0v) is 7.02. The average Bonchev–Trinajstić information content (AvgIpc) is 1.80. The summed E-state index contributed by atoms with van der Waals surface area (Å²) >= 11 is 0. The van der Waals surface area contributed by atoms with Gasteiger partial charge in [-0.25, -0.2) is 0 Å². The van der Waals surface area contributed by atoms with E-state index >= 15 is 0 Å². The van der Waals surface area contributed by atoms with E-state index in [1.54, 1.807) is 0 Å². The molecule has 0 spiro atoms. The van der Waals surface area contributed by atoms with Gasteiger partial charge in [0.2, 0.25) is 0 Å². The lowest BCUT2D eigenvalue weighted by Crippen LogP contribution is -2.37. The van der Waals surface area contributed by atoms with Crippen molar-refractivity contribution < 1.29 is 0 Å². The summed E-state index contributed by atoms with van der Waals surface area (Å²) in [5.74, 6) is 1.09. The average molecular weight is 137 g/mol. The van der Waals surface area contributed by atoms with E-state index in [1.807, 2.05) is 0 Å². The van der Waals surface area contributed by atoms with Gasteiger partial charge in [0.1, 0.15) is 0 Å². The smallest absolute Gasteiger partial charge is 0.0656 e. The molecule has 0 heterocycles. The molecule has 0 unspecified atom stereocenters. The topological polar surface area (TPSA) is 23.8 Å². The molecule has 1 rings (SSSR count). The van der Waals surface area contributed by atoms with Crippen LogP contribution in [0.5, 0.6) is 0 Å². The lowest BCUT2D eigenvalue weighted by molar-refractivity contribution is 0.0541. The lowest BCUT2D eigenvalue weighted by atomic mass is 9.58. The van der Waals surface area contributed by atoms with Crippen molar-refractivity contribution in [2.24, 2.45) is 17.3 Å². The largest absolute Gasteiger partial charge is 0.198 e. The monoisotopic (exact) mass is 137 g/mol. The molecule has 0 amide bonds. The SMILES string of the molecule is CC(C)[C@]1(C)C[C@@H](C#N)C1. The zero-order valence-electron chi connectivity index (χ0n) is 7.02. The van der Waals surface area contributed by atoms with Gasteiger partial charge in [0.25, 0.3) is 0 Å². The Morgan fingerprint density at radius 1 is 1.50 bits per heavy atom. The van der Waals surface area contributed by atoms with E-state index in [2.05, 4.69) is 26.8 Å². The number of rotatable bonds is 1. The summed E-state index contributed by atoms with van der Waals surface area (Å²) < 4.78 is 0. The van der Waals surface area contributed by atoms with Crippen LogP contribution in [0.3, 0.4) is 0 Å². The first kappa shape index (κ1) is 7.60. The van der Waals surface area contributed by atoms with Gasteiger partial charge in [-0.1, -0.05) is 20.8 Å². The van der Waals surface area contributed by atoms with Crippen LogP contribution in [-0.4, -0.2) is 0 Å². The van der Waals surface area contributed by atoms with Gasteiger partial charge in [-0.2, -0.15) is 5.26 Å². The maximum absolute atomic E-state index is 8.55. The van der Waals surface area contributed by atoms with Crippen LogP contribution in [0.1, 0.15) is 33.6 Å². The minimum atomic E-state index is 0.354. The minimum Gasteiger partial charge on any atom is -0.198 e. The quantitative estimate of drug-likeness (QED) is 0.545. The molecule has 1 saturated carbocycles. The van der Waals surface area contributed by atoms with Gasteiger partial charge < -0.3 is 0 Å². The van der Waals surface area contributed by atoms with E-state index < -0.39 is 0 Å². The predicted octanol–water partition coefficient (Wildman–Crippen LogP) is 2.58. The Hall–Kier alpha value is -0.510. The molecule has 56 valence electrons. The fourth-order valence-electron chi connectivity index (χ4n) is 1.63. The Bertz CT molecular complexity index is 158. The van der Waals surface area contributed by atoms with Crippen molar-refractivity contribution in [3.05, 3.63) is 0 Å². The van der Waals surface area contributed by atoms with Crippen molar-refractivity contribution in [3.8, 4) is 6.07 Å². The van der Waals surface area contributed by atoms with Crippen molar-refractivity contribution >= 4 is 0 Å². The lowest BCUT2D eigenvalue weighted by Gasteiger charge is -2.45. The highest BCUT2D eigenvalue weighted by Gasteiger charge is 2.42. The first-order chi connectivity index (χ1) is 4.58.